The average Bonchev–Trinajstić information content (AvgIpc) is 2.64. The van der Waals surface area contributed by atoms with Gasteiger partial charge in [0.15, 0.2) is 6.61 Å². The number of hydrogen-bond acceptors (Lipinski definition) is 4. The average molecular weight is 410 g/mol. The molecule has 27 heavy (non-hydrogen) atoms. The van der Waals surface area contributed by atoms with Crippen molar-refractivity contribution in [2.75, 3.05) is 37.7 Å². The number of nitrogens with zero attached hydrogens (tertiary/aromatic N) is 3. The van der Waals surface area contributed by atoms with Gasteiger partial charge in [0.25, 0.3) is 5.91 Å². The second-order valence-corrected chi connectivity index (χ2v) is 6.92. The third-order valence-electron chi connectivity index (χ3n) is 4.23. The van der Waals surface area contributed by atoms with E-state index in [1.165, 1.54) is 0 Å². The van der Waals surface area contributed by atoms with Gasteiger partial charge in [-0.15, -0.1) is 0 Å². The van der Waals surface area contributed by atoms with Gasteiger partial charge in [0.1, 0.15) is 11.6 Å². The van der Waals surface area contributed by atoms with Gasteiger partial charge in [-0.2, -0.15) is 0 Å². The number of hydrogen-bond donors (Lipinski definition) is 0. The molecule has 0 saturated carbocycles. The second-order valence-electron chi connectivity index (χ2n) is 6.07. The number of pyridine rings is 1. The van der Waals surface area contributed by atoms with Gasteiger partial charge in [0, 0.05) is 23.8 Å². The summed E-state index contributed by atoms with van der Waals surface area (Å²) in [5.74, 6) is 0.875. The molecule has 1 heterocycles. The molecule has 0 N–H and O–H groups in total. The van der Waals surface area contributed by atoms with Gasteiger partial charge in [-0.3, -0.25) is 9.69 Å². The van der Waals surface area contributed by atoms with Crippen LogP contribution in [-0.2, 0) is 4.79 Å². The topological polar surface area (TPSA) is 45.7 Å². The summed E-state index contributed by atoms with van der Waals surface area (Å²) in [7, 11) is 0. The van der Waals surface area contributed by atoms with Crippen LogP contribution in [0.1, 0.15) is 19.5 Å². The molecule has 1 amide bonds. The molecule has 0 unspecified atom stereocenters. The molecule has 2 aromatic rings. The van der Waals surface area contributed by atoms with Gasteiger partial charge in [0.2, 0.25) is 0 Å². The zero-order chi connectivity index (χ0) is 19.8. The summed E-state index contributed by atoms with van der Waals surface area (Å²) in [6.45, 7) is 9.13. The number of likely N-dealkylation sites (N-methyl/N-ethyl adjacent to an activating group) is 1. The lowest BCUT2D eigenvalue weighted by atomic mass is 10.3. The fraction of sp³-hybridized carbons (Fsp3) is 0.400. The highest BCUT2D eigenvalue weighted by Crippen LogP contribution is 2.27. The fourth-order valence-corrected chi connectivity index (χ4v) is 3.10. The Bertz CT molecular complexity index is 767. The zero-order valence-electron chi connectivity index (χ0n) is 15.9. The van der Waals surface area contributed by atoms with E-state index in [1.54, 1.807) is 23.1 Å². The van der Waals surface area contributed by atoms with E-state index in [0.29, 0.717) is 28.2 Å². The van der Waals surface area contributed by atoms with Crippen LogP contribution in [0.3, 0.4) is 0 Å². The first-order chi connectivity index (χ1) is 12.9. The van der Waals surface area contributed by atoms with Crippen LogP contribution in [0.25, 0.3) is 0 Å². The Morgan fingerprint density at radius 3 is 2.48 bits per heavy atom. The fourth-order valence-electron chi connectivity index (χ4n) is 2.64. The van der Waals surface area contributed by atoms with Crippen molar-refractivity contribution in [3.05, 3.63) is 52.1 Å². The summed E-state index contributed by atoms with van der Waals surface area (Å²) in [4.78, 5) is 21.3. The van der Waals surface area contributed by atoms with Crippen LogP contribution in [0.2, 0.25) is 10.0 Å². The molecule has 0 saturated heterocycles. The van der Waals surface area contributed by atoms with Crippen molar-refractivity contribution in [1.29, 1.82) is 0 Å². The Balaban J connectivity index is 2.12. The molecule has 0 aliphatic rings. The van der Waals surface area contributed by atoms with Crippen molar-refractivity contribution in [2.45, 2.75) is 20.8 Å². The molecule has 0 aliphatic heterocycles. The van der Waals surface area contributed by atoms with Crippen LogP contribution in [0, 0.1) is 6.92 Å². The van der Waals surface area contributed by atoms with Gasteiger partial charge >= 0.3 is 0 Å². The molecule has 0 aliphatic carbocycles. The van der Waals surface area contributed by atoms with Gasteiger partial charge in [-0.25, -0.2) is 4.98 Å². The highest BCUT2D eigenvalue weighted by molar-refractivity contribution is 6.35. The number of halogens is 2. The van der Waals surface area contributed by atoms with Gasteiger partial charge in [-0.1, -0.05) is 43.1 Å². The molecular weight excluding hydrogens is 385 g/mol. The highest BCUT2D eigenvalue weighted by atomic mass is 35.5. The quantitative estimate of drug-likeness (QED) is 0.613. The van der Waals surface area contributed by atoms with E-state index in [2.05, 4.69) is 23.7 Å². The third kappa shape index (κ3) is 6.38. The Morgan fingerprint density at radius 2 is 1.85 bits per heavy atom. The van der Waals surface area contributed by atoms with Crippen molar-refractivity contribution < 1.29 is 9.53 Å². The van der Waals surface area contributed by atoms with Gasteiger partial charge < -0.3 is 9.64 Å². The minimum Gasteiger partial charge on any atom is -0.482 e. The second kappa shape index (κ2) is 10.5. The summed E-state index contributed by atoms with van der Waals surface area (Å²) in [6, 6.07) is 10.6. The van der Waals surface area contributed by atoms with Crippen LogP contribution >= 0.6 is 23.2 Å². The number of aryl methyl sites for hydroxylation is 1. The number of aromatic nitrogens is 1. The molecule has 1 aromatic carbocycles. The highest BCUT2D eigenvalue weighted by Gasteiger charge is 2.19. The molecule has 0 spiro atoms. The number of carbonyl (C=O) groups is 1. The molecule has 0 radical (unpaired) electrons. The number of rotatable bonds is 9. The summed E-state index contributed by atoms with van der Waals surface area (Å²) in [6.07, 6.45) is 0. The molecule has 1 aromatic heterocycles. The molecule has 2 rings (SSSR count). The molecule has 0 bridgehead atoms. The van der Waals surface area contributed by atoms with E-state index < -0.39 is 0 Å². The number of amides is 1. The van der Waals surface area contributed by atoms with Crippen LogP contribution < -0.4 is 9.64 Å². The Kier molecular flexibility index (Phi) is 8.35. The maximum absolute atomic E-state index is 12.9. The minimum absolute atomic E-state index is 0.130. The van der Waals surface area contributed by atoms with Crippen LogP contribution in [0.5, 0.6) is 5.75 Å². The normalized spacial score (nSPS) is 10.9. The van der Waals surface area contributed by atoms with Gasteiger partial charge in [0.05, 0.1) is 5.02 Å². The number of ether oxygens (including phenoxy) is 1. The number of benzene rings is 1. The first kappa shape index (κ1) is 21.5. The van der Waals surface area contributed by atoms with E-state index >= 15 is 0 Å². The predicted octanol–water partition coefficient (Wildman–Crippen LogP) is 4.45. The molecule has 5 nitrogen and oxygen atoms in total. The Morgan fingerprint density at radius 1 is 1.11 bits per heavy atom. The lowest BCUT2D eigenvalue weighted by Gasteiger charge is -2.26. The largest absolute Gasteiger partial charge is 0.482 e. The maximum atomic E-state index is 12.9. The van der Waals surface area contributed by atoms with Crippen molar-refractivity contribution >= 4 is 34.9 Å². The SMILES string of the molecule is CCN(CC)CCN(C(=O)COc1ccc(Cl)cc1Cl)c1cccc(C)n1. The minimum atomic E-state index is -0.175. The lowest BCUT2D eigenvalue weighted by molar-refractivity contribution is -0.120. The number of anilines is 1. The summed E-state index contributed by atoms with van der Waals surface area (Å²) < 4.78 is 5.62. The van der Waals surface area contributed by atoms with Crippen molar-refractivity contribution in [2.24, 2.45) is 0 Å². The Labute approximate surface area is 170 Å². The van der Waals surface area contributed by atoms with E-state index in [0.717, 1.165) is 25.3 Å². The van der Waals surface area contributed by atoms with E-state index in [-0.39, 0.29) is 12.5 Å². The van der Waals surface area contributed by atoms with E-state index in [1.807, 2.05) is 25.1 Å². The maximum Gasteiger partial charge on any atom is 0.266 e. The molecule has 7 heteroatoms. The van der Waals surface area contributed by atoms with Crippen LogP contribution in [0.4, 0.5) is 5.82 Å². The smallest absolute Gasteiger partial charge is 0.266 e. The standard InChI is InChI=1S/C20H25Cl2N3O2/c1-4-24(5-2)11-12-25(19-8-6-7-15(3)23-19)20(26)14-27-18-10-9-16(21)13-17(18)22/h6-10,13H,4-5,11-12,14H2,1-3H3. The van der Waals surface area contributed by atoms with Crippen molar-refractivity contribution in [3.8, 4) is 5.75 Å². The van der Waals surface area contributed by atoms with Crippen LogP contribution in [0.15, 0.2) is 36.4 Å². The lowest BCUT2D eigenvalue weighted by Crippen LogP contribution is -2.41. The van der Waals surface area contributed by atoms with E-state index in [4.69, 9.17) is 27.9 Å². The zero-order valence-corrected chi connectivity index (χ0v) is 17.4. The Hall–Kier alpha value is -1.82. The third-order valence-corrected chi connectivity index (χ3v) is 4.76. The van der Waals surface area contributed by atoms with Gasteiger partial charge in [-0.05, 0) is 50.3 Å². The molecular formula is C20H25Cl2N3O2. The molecule has 0 fully saturated rings. The van der Waals surface area contributed by atoms with Crippen molar-refractivity contribution in [1.82, 2.24) is 9.88 Å². The summed E-state index contributed by atoms with van der Waals surface area (Å²) >= 11 is 12.0. The monoisotopic (exact) mass is 409 g/mol. The first-order valence-corrected chi connectivity index (χ1v) is 9.74. The van der Waals surface area contributed by atoms with E-state index in [9.17, 15) is 4.79 Å². The summed E-state index contributed by atoms with van der Waals surface area (Å²) in [5, 5.41) is 0.891. The number of carbonyl (C=O) groups excluding carboxylic acids is 1. The predicted molar refractivity (Wildman–Crippen MR) is 111 cm³/mol. The molecule has 0 atom stereocenters. The van der Waals surface area contributed by atoms with Crippen LogP contribution in [-0.4, -0.2) is 48.6 Å². The van der Waals surface area contributed by atoms with Crippen molar-refractivity contribution in [3.63, 3.8) is 0 Å². The summed E-state index contributed by atoms with van der Waals surface area (Å²) in [5.41, 5.74) is 0.856. The molecule has 146 valence electrons. The first-order valence-electron chi connectivity index (χ1n) is 8.98.